The Bertz CT molecular complexity index is 423. The summed E-state index contributed by atoms with van der Waals surface area (Å²) in [5, 5.41) is 3.21. The molecule has 2 aromatic heterocycles. The van der Waals surface area contributed by atoms with Crippen LogP contribution in [-0.4, -0.2) is 16.0 Å². The van der Waals surface area contributed by atoms with Crippen molar-refractivity contribution in [2.45, 2.75) is 19.9 Å². The number of furan rings is 1. The van der Waals surface area contributed by atoms with Crippen molar-refractivity contribution in [3.8, 4) is 11.5 Å². The molecule has 0 amide bonds. The Labute approximate surface area is 88.4 Å². The lowest BCUT2D eigenvalue weighted by Crippen LogP contribution is -2.11. The molecular weight excluding hydrogens is 190 g/mol. The number of aromatic nitrogens is 2. The lowest BCUT2D eigenvalue weighted by atomic mass is 10.3. The molecule has 0 atom stereocenters. The summed E-state index contributed by atoms with van der Waals surface area (Å²) in [6.07, 6.45) is 3.16. The first-order valence-corrected chi connectivity index (χ1v) is 4.88. The fourth-order valence-corrected chi connectivity index (χ4v) is 1.29. The first-order valence-electron chi connectivity index (χ1n) is 4.88. The van der Waals surface area contributed by atoms with Crippen molar-refractivity contribution in [1.82, 2.24) is 9.97 Å². The van der Waals surface area contributed by atoms with E-state index >= 15 is 0 Å². The highest BCUT2D eigenvalue weighted by Gasteiger charge is 2.04. The second-order valence-corrected chi connectivity index (χ2v) is 3.56. The molecule has 2 heterocycles. The monoisotopic (exact) mass is 203 g/mol. The normalized spacial score (nSPS) is 10.6. The summed E-state index contributed by atoms with van der Waals surface area (Å²) >= 11 is 0. The molecule has 2 aromatic rings. The zero-order chi connectivity index (χ0) is 10.7. The highest BCUT2D eigenvalue weighted by Crippen LogP contribution is 2.18. The van der Waals surface area contributed by atoms with Crippen molar-refractivity contribution >= 4 is 5.82 Å². The summed E-state index contributed by atoms with van der Waals surface area (Å²) in [7, 11) is 0. The van der Waals surface area contributed by atoms with E-state index in [0.717, 1.165) is 17.3 Å². The van der Waals surface area contributed by atoms with Crippen LogP contribution in [0.15, 0.2) is 35.2 Å². The first-order chi connectivity index (χ1) is 7.25. The van der Waals surface area contributed by atoms with Gasteiger partial charge in [-0.05, 0) is 26.0 Å². The third-order valence-corrected chi connectivity index (χ3v) is 1.88. The second-order valence-electron chi connectivity index (χ2n) is 3.56. The van der Waals surface area contributed by atoms with Gasteiger partial charge in [0.15, 0.2) is 5.76 Å². The van der Waals surface area contributed by atoms with Gasteiger partial charge in [-0.1, -0.05) is 0 Å². The summed E-state index contributed by atoms with van der Waals surface area (Å²) in [5.74, 6) is 1.57. The number of rotatable bonds is 3. The molecule has 0 aliphatic carbocycles. The van der Waals surface area contributed by atoms with Crippen LogP contribution in [0.4, 0.5) is 5.82 Å². The summed E-state index contributed by atoms with van der Waals surface area (Å²) in [6, 6.07) is 5.94. The minimum absolute atomic E-state index is 0.351. The maximum atomic E-state index is 5.26. The molecule has 0 saturated carbocycles. The van der Waals surface area contributed by atoms with Crippen molar-refractivity contribution in [3.63, 3.8) is 0 Å². The van der Waals surface area contributed by atoms with Gasteiger partial charge in [-0.2, -0.15) is 0 Å². The van der Waals surface area contributed by atoms with Crippen LogP contribution in [0.3, 0.4) is 0 Å². The third-order valence-electron chi connectivity index (χ3n) is 1.88. The minimum atomic E-state index is 0.351. The molecule has 1 N–H and O–H groups in total. The molecular formula is C11H13N3O. The second kappa shape index (κ2) is 4.13. The summed E-state index contributed by atoms with van der Waals surface area (Å²) in [4.78, 5) is 8.27. The van der Waals surface area contributed by atoms with Crippen LogP contribution in [0.5, 0.6) is 0 Å². The summed E-state index contributed by atoms with van der Waals surface area (Å²) < 4.78 is 5.26. The molecule has 0 radical (unpaired) electrons. The van der Waals surface area contributed by atoms with Crippen LogP contribution >= 0.6 is 0 Å². The molecule has 78 valence electrons. The Balaban J connectivity index is 2.27. The van der Waals surface area contributed by atoms with Crippen LogP contribution in [0.1, 0.15) is 13.8 Å². The smallest absolute Gasteiger partial charge is 0.152 e. The molecule has 0 fully saturated rings. The van der Waals surface area contributed by atoms with E-state index in [0.29, 0.717) is 6.04 Å². The van der Waals surface area contributed by atoms with E-state index in [9.17, 15) is 0 Å². The zero-order valence-corrected chi connectivity index (χ0v) is 8.77. The average Bonchev–Trinajstić information content (AvgIpc) is 2.69. The maximum absolute atomic E-state index is 5.26. The molecule has 0 aromatic carbocycles. The van der Waals surface area contributed by atoms with Crippen LogP contribution in [0.25, 0.3) is 11.5 Å². The highest BCUT2D eigenvalue weighted by atomic mass is 16.3. The Morgan fingerprint density at radius 2 is 2.20 bits per heavy atom. The molecule has 0 saturated heterocycles. The van der Waals surface area contributed by atoms with Gasteiger partial charge < -0.3 is 9.73 Å². The largest absolute Gasteiger partial charge is 0.463 e. The van der Waals surface area contributed by atoms with Crippen LogP contribution in [0.2, 0.25) is 0 Å². The van der Waals surface area contributed by atoms with Gasteiger partial charge in [-0.3, -0.25) is 0 Å². The number of anilines is 1. The van der Waals surface area contributed by atoms with Gasteiger partial charge in [0.1, 0.15) is 17.8 Å². The first kappa shape index (κ1) is 9.71. The Morgan fingerprint density at radius 3 is 2.87 bits per heavy atom. The molecule has 0 unspecified atom stereocenters. The van der Waals surface area contributed by atoms with Gasteiger partial charge in [-0.15, -0.1) is 0 Å². The fraction of sp³-hybridized carbons (Fsp3) is 0.273. The zero-order valence-electron chi connectivity index (χ0n) is 8.77. The lowest BCUT2D eigenvalue weighted by Gasteiger charge is -2.08. The van der Waals surface area contributed by atoms with E-state index in [-0.39, 0.29) is 0 Å². The third kappa shape index (κ3) is 2.34. The molecule has 4 nitrogen and oxygen atoms in total. The fourth-order valence-electron chi connectivity index (χ4n) is 1.29. The SMILES string of the molecule is CC(C)Nc1cc(-c2ccco2)ncn1. The number of nitrogens with one attached hydrogen (secondary N) is 1. The molecule has 2 rings (SSSR count). The van der Waals surface area contributed by atoms with Crippen LogP contribution in [0, 0.1) is 0 Å². The average molecular weight is 203 g/mol. The highest BCUT2D eigenvalue weighted by molar-refractivity contribution is 5.56. The lowest BCUT2D eigenvalue weighted by molar-refractivity contribution is 0.580. The van der Waals surface area contributed by atoms with Crippen molar-refractivity contribution in [1.29, 1.82) is 0 Å². The van der Waals surface area contributed by atoms with Crippen LogP contribution < -0.4 is 5.32 Å². The predicted molar refractivity (Wildman–Crippen MR) is 58.5 cm³/mol. The van der Waals surface area contributed by atoms with Gasteiger partial charge in [0, 0.05) is 12.1 Å². The molecule has 4 heteroatoms. The Morgan fingerprint density at radius 1 is 1.33 bits per heavy atom. The van der Waals surface area contributed by atoms with Crippen molar-refractivity contribution in [2.24, 2.45) is 0 Å². The van der Waals surface area contributed by atoms with Crippen molar-refractivity contribution in [2.75, 3.05) is 5.32 Å². The standard InChI is InChI=1S/C11H13N3O/c1-8(2)14-11-6-9(12-7-13-11)10-4-3-5-15-10/h3-8H,1-2H3,(H,12,13,14). The molecule has 0 aliphatic heterocycles. The number of hydrogen-bond donors (Lipinski definition) is 1. The topological polar surface area (TPSA) is 51.0 Å². The Hall–Kier alpha value is -1.84. The maximum Gasteiger partial charge on any atom is 0.152 e. The quantitative estimate of drug-likeness (QED) is 0.832. The van der Waals surface area contributed by atoms with E-state index in [2.05, 4.69) is 29.1 Å². The van der Waals surface area contributed by atoms with E-state index in [1.54, 1.807) is 6.26 Å². The number of hydrogen-bond acceptors (Lipinski definition) is 4. The molecule has 0 bridgehead atoms. The molecule has 15 heavy (non-hydrogen) atoms. The molecule has 0 spiro atoms. The van der Waals surface area contributed by atoms with Gasteiger partial charge in [0.2, 0.25) is 0 Å². The Kier molecular flexibility index (Phi) is 2.67. The summed E-state index contributed by atoms with van der Waals surface area (Å²) in [6.45, 7) is 4.13. The predicted octanol–water partition coefficient (Wildman–Crippen LogP) is 2.56. The van der Waals surface area contributed by atoms with Crippen molar-refractivity contribution in [3.05, 3.63) is 30.8 Å². The van der Waals surface area contributed by atoms with Gasteiger partial charge >= 0.3 is 0 Å². The molecule has 0 aliphatic rings. The van der Waals surface area contributed by atoms with E-state index < -0.39 is 0 Å². The van der Waals surface area contributed by atoms with Gasteiger partial charge in [0.25, 0.3) is 0 Å². The van der Waals surface area contributed by atoms with E-state index in [1.165, 1.54) is 6.33 Å². The van der Waals surface area contributed by atoms with Gasteiger partial charge in [-0.25, -0.2) is 9.97 Å². The van der Waals surface area contributed by atoms with Crippen molar-refractivity contribution < 1.29 is 4.42 Å². The number of nitrogens with zero attached hydrogens (tertiary/aromatic N) is 2. The minimum Gasteiger partial charge on any atom is -0.463 e. The van der Waals surface area contributed by atoms with E-state index in [1.807, 2.05) is 18.2 Å². The van der Waals surface area contributed by atoms with Crippen LogP contribution in [-0.2, 0) is 0 Å². The summed E-state index contributed by atoms with van der Waals surface area (Å²) in [5.41, 5.74) is 0.790. The van der Waals surface area contributed by atoms with Gasteiger partial charge in [0.05, 0.1) is 6.26 Å². The van der Waals surface area contributed by atoms with E-state index in [4.69, 9.17) is 4.42 Å².